The Morgan fingerprint density at radius 2 is 1.73 bits per heavy atom. The number of nitrogens with zero attached hydrogens (tertiary/aromatic N) is 4. The molecular formula is C27H20ClF2N7. The summed E-state index contributed by atoms with van der Waals surface area (Å²) in [6.07, 6.45) is 1.51. The van der Waals surface area contributed by atoms with Gasteiger partial charge in [0, 0.05) is 46.2 Å². The summed E-state index contributed by atoms with van der Waals surface area (Å²) in [6, 6.07) is 16.3. The van der Waals surface area contributed by atoms with E-state index in [0.29, 0.717) is 51.7 Å². The number of hydrogen-bond donors (Lipinski definition) is 3. The van der Waals surface area contributed by atoms with Crippen LogP contribution in [0.2, 0.25) is 5.02 Å². The lowest BCUT2D eigenvalue weighted by Gasteiger charge is -2.38. The minimum atomic E-state index is -0.721. The highest BCUT2D eigenvalue weighted by molar-refractivity contribution is 6.31. The molecule has 0 spiro atoms. The maximum Gasteiger partial charge on any atom is 0.227 e. The van der Waals surface area contributed by atoms with Crippen LogP contribution in [-0.4, -0.2) is 44.8 Å². The third kappa shape index (κ3) is 4.22. The van der Waals surface area contributed by atoms with Gasteiger partial charge in [0.2, 0.25) is 5.95 Å². The Morgan fingerprint density at radius 3 is 2.43 bits per heavy atom. The van der Waals surface area contributed by atoms with Gasteiger partial charge < -0.3 is 16.0 Å². The molecule has 0 unspecified atom stereocenters. The molecule has 2 aromatic heterocycles. The summed E-state index contributed by atoms with van der Waals surface area (Å²) < 4.78 is 29.3. The van der Waals surface area contributed by atoms with Gasteiger partial charge in [-0.2, -0.15) is 0 Å². The van der Waals surface area contributed by atoms with E-state index in [9.17, 15) is 8.78 Å². The fourth-order valence-corrected chi connectivity index (χ4v) is 4.62. The SMILES string of the molecule is N=C(c1ccc(Nc2ncc3nc(-c4c(F)cccc4F)c4cc(Cl)ccc4c3n2)cc1)N1CC(N)C1. The van der Waals surface area contributed by atoms with Gasteiger partial charge >= 0.3 is 0 Å². The second-order valence-electron chi connectivity index (χ2n) is 8.89. The maximum absolute atomic E-state index is 14.7. The average Bonchev–Trinajstić information content (AvgIpc) is 2.87. The number of benzene rings is 3. The normalized spacial score (nSPS) is 13.7. The topological polar surface area (TPSA) is 104 Å². The van der Waals surface area contributed by atoms with E-state index in [1.807, 2.05) is 29.2 Å². The molecule has 5 aromatic rings. The van der Waals surface area contributed by atoms with Gasteiger partial charge in [0.25, 0.3) is 0 Å². The number of likely N-dealkylation sites (tertiary alicyclic amines) is 1. The number of aromatic nitrogens is 3. The van der Waals surface area contributed by atoms with Crippen molar-refractivity contribution in [1.29, 1.82) is 5.41 Å². The van der Waals surface area contributed by atoms with Gasteiger partial charge in [-0.1, -0.05) is 23.7 Å². The van der Waals surface area contributed by atoms with Crippen LogP contribution in [-0.2, 0) is 0 Å². The first-order valence-electron chi connectivity index (χ1n) is 11.5. The molecule has 1 aliphatic heterocycles. The molecular weight excluding hydrogens is 496 g/mol. The number of hydrogen-bond acceptors (Lipinski definition) is 6. The van der Waals surface area contributed by atoms with Crippen molar-refractivity contribution in [3.05, 3.63) is 89.1 Å². The Balaban J connectivity index is 1.37. The van der Waals surface area contributed by atoms with E-state index in [4.69, 9.17) is 22.7 Å². The Morgan fingerprint density at radius 1 is 1.00 bits per heavy atom. The van der Waals surface area contributed by atoms with Crippen molar-refractivity contribution >= 4 is 50.9 Å². The minimum Gasteiger partial charge on any atom is -0.353 e. The van der Waals surface area contributed by atoms with Gasteiger partial charge in [-0.25, -0.2) is 23.7 Å². The number of halogens is 3. The third-order valence-corrected chi connectivity index (χ3v) is 6.57. The van der Waals surface area contributed by atoms with Crippen molar-refractivity contribution in [1.82, 2.24) is 19.9 Å². The first kappa shape index (κ1) is 23.2. The fraction of sp³-hybridized carbons (Fsp3) is 0.111. The quantitative estimate of drug-likeness (QED) is 0.166. The highest BCUT2D eigenvalue weighted by atomic mass is 35.5. The van der Waals surface area contributed by atoms with E-state index in [0.717, 1.165) is 11.3 Å². The Bertz CT molecular complexity index is 1660. The summed E-state index contributed by atoms with van der Waals surface area (Å²) in [5.41, 5.74) is 8.14. The van der Waals surface area contributed by atoms with E-state index in [1.54, 1.807) is 18.2 Å². The molecule has 1 aliphatic rings. The predicted octanol–water partition coefficient (Wildman–Crippen LogP) is 5.49. The lowest BCUT2D eigenvalue weighted by atomic mass is 10.0. The van der Waals surface area contributed by atoms with Crippen molar-refractivity contribution < 1.29 is 8.78 Å². The molecule has 3 heterocycles. The third-order valence-electron chi connectivity index (χ3n) is 6.33. The maximum atomic E-state index is 14.7. The largest absolute Gasteiger partial charge is 0.353 e. The molecule has 0 radical (unpaired) electrons. The van der Waals surface area contributed by atoms with Gasteiger partial charge in [0.05, 0.1) is 17.5 Å². The first-order chi connectivity index (χ1) is 17.9. The lowest BCUT2D eigenvalue weighted by molar-refractivity contribution is 0.253. The molecule has 0 aliphatic carbocycles. The second kappa shape index (κ2) is 9.02. The minimum absolute atomic E-state index is 0.120. The zero-order chi connectivity index (χ0) is 25.7. The number of pyridine rings is 1. The molecule has 0 saturated carbocycles. The van der Waals surface area contributed by atoms with Crippen molar-refractivity contribution in [2.24, 2.45) is 5.73 Å². The number of fused-ring (bicyclic) bond motifs is 3. The zero-order valence-corrected chi connectivity index (χ0v) is 20.1. The number of rotatable bonds is 4. The van der Waals surface area contributed by atoms with Crippen LogP contribution in [0.5, 0.6) is 0 Å². The van der Waals surface area contributed by atoms with Gasteiger partial charge in [0.1, 0.15) is 28.5 Å². The molecule has 184 valence electrons. The van der Waals surface area contributed by atoms with Gasteiger partial charge in [0.15, 0.2) is 0 Å². The monoisotopic (exact) mass is 515 g/mol. The van der Waals surface area contributed by atoms with Crippen LogP contribution in [0, 0.1) is 17.0 Å². The van der Waals surface area contributed by atoms with Crippen molar-refractivity contribution in [2.75, 3.05) is 18.4 Å². The van der Waals surface area contributed by atoms with E-state index >= 15 is 0 Å². The average molecular weight is 516 g/mol. The summed E-state index contributed by atoms with van der Waals surface area (Å²) in [7, 11) is 0. The Hall–Kier alpha value is -4.21. The summed E-state index contributed by atoms with van der Waals surface area (Å²) >= 11 is 6.24. The Kier molecular flexibility index (Phi) is 5.66. The molecule has 10 heteroatoms. The lowest BCUT2D eigenvalue weighted by Crippen LogP contribution is -2.57. The number of amidine groups is 1. The van der Waals surface area contributed by atoms with Crippen molar-refractivity contribution in [2.45, 2.75) is 6.04 Å². The highest BCUT2D eigenvalue weighted by Gasteiger charge is 2.26. The molecule has 4 N–H and O–H groups in total. The highest BCUT2D eigenvalue weighted by Crippen LogP contribution is 2.36. The number of nitrogens with two attached hydrogens (primary N) is 1. The van der Waals surface area contributed by atoms with Crippen molar-refractivity contribution in [3.63, 3.8) is 0 Å². The predicted molar refractivity (Wildman–Crippen MR) is 141 cm³/mol. The van der Waals surface area contributed by atoms with Gasteiger partial charge in [-0.3, -0.25) is 5.41 Å². The van der Waals surface area contributed by atoms with Gasteiger partial charge in [-0.15, -0.1) is 0 Å². The molecule has 0 bridgehead atoms. The molecule has 0 atom stereocenters. The summed E-state index contributed by atoms with van der Waals surface area (Å²) in [4.78, 5) is 15.4. The first-order valence-corrected chi connectivity index (χ1v) is 11.9. The van der Waals surface area contributed by atoms with Crippen LogP contribution in [0.1, 0.15) is 5.56 Å². The summed E-state index contributed by atoms with van der Waals surface area (Å²) in [5, 5.41) is 13.0. The summed E-state index contributed by atoms with van der Waals surface area (Å²) in [6.45, 7) is 1.37. The zero-order valence-electron chi connectivity index (χ0n) is 19.3. The van der Waals surface area contributed by atoms with Crippen molar-refractivity contribution in [3.8, 4) is 11.3 Å². The Labute approximate surface area is 215 Å². The van der Waals surface area contributed by atoms with E-state index < -0.39 is 11.6 Å². The van der Waals surface area contributed by atoms with Crippen LogP contribution >= 0.6 is 11.6 Å². The van der Waals surface area contributed by atoms with Crippen LogP contribution in [0.25, 0.3) is 33.1 Å². The molecule has 37 heavy (non-hydrogen) atoms. The van der Waals surface area contributed by atoms with E-state index in [2.05, 4.69) is 20.3 Å². The standard InChI is InChI=1S/C27H20ClF2N7/c28-15-6-9-18-19(10-15)25(23-20(29)2-1-3-21(23)30)35-22-11-33-27(36-24(18)22)34-17-7-4-14(5-8-17)26(32)37-12-16(31)13-37/h1-11,16,32H,12-13,31H2,(H,33,34,36). The smallest absolute Gasteiger partial charge is 0.227 e. The molecule has 7 nitrogen and oxygen atoms in total. The number of nitrogens with one attached hydrogen (secondary N) is 2. The van der Waals surface area contributed by atoms with Gasteiger partial charge in [-0.05, 0) is 48.5 Å². The summed E-state index contributed by atoms with van der Waals surface area (Å²) in [5.74, 6) is -0.679. The van der Waals surface area contributed by atoms with Crippen LogP contribution < -0.4 is 11.1 Å². The van der Waals surface area contributed by atoms with E-state index in [-0.39, 0.29) is 17.3 Å². The molecule has 0 amide bonds. The van der Waals surface area contributed by atoms with Crippen LogP contribution in [0.15, 0.2) is 66.9 Å². The molecule has 3 aromatic carbocycles. The molecule has 6 rings (SSSR count). The molecule has 1 saturated heterocycles. The molecule has 1 fully saturated rings. The van der Waals surface area contributed by atoms with Crippen LogP contribution in [0.3, 0.4) is 0 Å². The van der Waals surface area contributed by atoms with Crippen LogP contribution in [0.4, 0.5) is 20.4 Å². The number of anilines is 2. The van der Waals surface area contributed by atoms with E-state index in [1.165, 1.54) is 24.4 Å². The fourth-order valence-electron chi connectivity index (χ4n) is 4.45. The second-order valence-corrected chi connectivity index (χ2v) is 9.33.